The molecule has 3 rings (SSSR count). The van der Waals surface area contributed by atoms with Crippen LogP contribution in [-0.4, -0.2) is 31.5 Å². The number of carboxylic acid groups (broad SMARTS) is 1. The second-order valence-electron chi connectivity index (χ2n) is 9.85. The Morgan fingerprint density at radius 3 is 2.30 bits per heavy atom. The number of rotatable bonds is 9. The van der Waals surface area contributed by atoms with Crippen molar-refractivity contribution in [2.75, 3.05) is 0 Å². The first-order valence-corrected chi connectivity index (χ1v) is 12.2. The third-order valence-corrected chi connectivity index (χ3v) is 6.21. The van der Waals surface area contributed by atoms with Gasteiger partial charge in [0.05, 0.1) is 18.2 Å². The van der Waals surface area contributed by atoms with Crippen LogP contribution < -0.4 is 10.9 Å². The number of aryl methyl sites for hydroxylation is 4. The van der Waals surface area contributed by atoms with Gasteiger partial charge in [-0.25, -0.2) is 14.4 Å². The van der Waals surface area contributed by atoms with Gasteiger partial charge in [0.2, 0.25) is 5.91 Å². The molecule has 2 atom stereocenters. The minimum Gasteiger partial charge on any atom is -0.481 e. The predicted octanol–water partition coefficient (Wildman–Crippen LogP) is 4.60. The van der Waals surface area contributed by atoms with Gasteiger partial charge in [-0.2, -0.15) is 0 Å². The predicted molar refractivity (Wildman–Crippen MR) is 139 cm³/mol. The van der Waals surface area contributed by atoms with Crippen LogP contribution >= 0.6 is 0 Å². The number of aliphatic carboxylic acids is 1. The molecule has 1 unspecified atom stereocenters. The van der Waals surface area contributed by atoms with Gasteiger partial charge in [0.25, 0.3) is 5.56 Å². The normalized spacial score (nSPS) is 12.9. The van der Waals surface area contributed by atoms with E-state index in [0.29, 0.717) is 6.42 Å². The largest absolute Gasteiger partial charge is 0.481 e. The number of aromatic nitrogens is 3. The van der Waals surface area contributed by atoms with E-state index in [4.69, 9.17) is 0 Å². The Hall–Kier alpha value is -3.88. The van der Waals surface area contributed by atoms with Gasteiger partial charge in [-0.15, -0.1) is 0 Å². The number of carboxylic acids is 1. The average molecular weight is 509 g/mol. The molecule has 0 aliphatic rings. The number of nitrogens with zero attached hydrogens (tertiary/aromatic N) is 3. The lowest BCUT2D eigenvalue weighted by Gasteiger charge is -2.25. The molecule has 3 aromatic rings. The van der Waals surface area contributed by atoms with Crippen LogP contribution in [0.1, 0.15) is 66.9 Å². The first-order valence-electron chi connectivity index (χ1n) is 12.2. The van der Waals surface area contributed by atoms with Crippen molar-refractivity contribution >= 4 is 11.9 Å². The van der Waals surface area contributed by atoms with Gasteiger partial charge < -0.3 is 15.0 Å². The van der Waals surface area contributed by atoms with E-state index in [-0.39, 0.29) is 28.7 Å². The molecule has 9 heteroatoms. The highest BCUT2D eigenvalue weighted by Gasteiger charge is 2.30. The number of carbonyl (C=O) groups excluding carboxylic acids is 1. The molecule has 0 aliphatic carbocycles. The van der Waals surface area contributed by atoms with Crippen molar-refractivity contribution in [3.05, 3.63) is 80.8 Å². The molecule has 8 nitrogen and oxygen atoms in total. The molecule has 0 spiro atoms. The molecule has 0 fully saturated rings. The molecule has 0 saturated heterocycles. The SMILES string of the molecule is Cc1ccn([C@H](CC(C)C)C(=O)NC(CC(=O)O)c2nc(-c3c(C)cccc3C)nc(C)c2F)c(=O)c1. The number of pyridine rings is 1. The lowest BCUT2D eigenvalue weighted by molar-refractivity contribution is -0.138. The Morgan fingerprint density at radius 2 is 1.73 bits per heavy atom. The second kappa shape index (κ2) is 11.5. The van der Waals surface area contributed by atoms with Crippen LogP contribution in [0.2, 0.25) is 0 Å². The Bertz CT molecular complexity index is 1360. The zero-order valence-electron chi connectivity index (χ0n) is 22.0. The third kappa shape index (κ3) is 6.47. The molecule has 0 saturated carbocycles. The zero-order chi connectivity index (χ0) is 27.4. The Kier molecular flexibility index (Phi) is 8.57. The van der Waals surface area contributed by atoms with Gasteiger partial charge >= 0.3 is 5.97 Å². The summed E-state index contributed by atoms with van der Waals surface area (Å²) in [6.07, 6.45) is 1.28. The maximum absolute atomic E-state index is 15.4. The van der Waals surface area contributed by atoms with Gasteiger partial charge in [0, 0.05) is 17.8 Å². The molecule has 2 N–H and O–H groups in total. The van der Waals surface area contributed by atoms with Crippen molar-refractivity contribution < 1.29 is 19.1 Å². The summed E-state index contributed by atoms with van der Waals surface area (Å²) in [4.78, 5) is 46.7. The van der Waals surface area contributed by atoms with E-state index in [1.54, 1.807) is 19.2 Å². The molecule has 0 bridgehead atoms. The van der Waals surface area contributed by atoms with E-state index in [1.165, 1.54) is 17.6 Å². The molecule has 2 heterocycles. The summed E-state index contributed by atoms with van der Waals surface area (Å²) < 4.78 is 16.7. The fourth-order valence-electron chi connectivity index (χ4n) is 4.39. The Morgan fingerprint density at radius 1 is 1.08 bits per heavy atom. The lowest BCUT2D eigenvalue weighted by Crippen LogP contribution is -2.40. The quantitative estimate of drug-likeness (QED) is 0.437. The number of benzene rings is 1. The van der Waals surface area contributed by atoms with Crippen molar-refractivity contribution in [1.82, 2.24) is 19.9 Å². The lowest BCUT2D eigenvalue weighted by atomic mass is 10.00. The summed E-state index contributed by atoms with van der Waals surface area (Å²) >= 11 is 0. The minimum atomic E-state index is -1.27. The molecule has 0 aliphatic heterocycles. The number of hydrogen-bond acceptors (Lipinski definition) is 5. The van der Waals surface area contributed by atoms with Crippen molar-refractivity contribution in [3.8, 4) is 11.4 Å². The first-order chi connectivity index (χ1) is 17.4. The summed E-state index contributed by atoms with van der Waals surface area (Å²) in [5.41, 5.74) is 2.72. The van der Waals surface area contributed by atoms with Crippen molar-refractivity contribution in [2.24, 2.45) is 5.92 Å². The maximum Gasteiger partial charge on any atom is 0.305 e. The summed E-state index contributed by atoms with van der Waals surface area (Å²) in [5.74, 6) is -2.30. The van der Waals surface area contributed by atoms with Crippen LogP contribution in [0.25, 0.3) is 11.4 Å². The van der Waals surface area contributed by atoms with Gasteiger partial charge in [0.15, 0.2) is 11.6 Å². The van der Waals surface area contributed by atoms with E-state index in [2.05, 4.69) is 15.3 Å². The Balaban J connectivity index is 2.09. The summed E-state index contributed by atoms with van der Waals surface area (Å²) in [6, 6.07) is 6.63. The average Bonchev–Trinajstić information content (AvgIpc) is 2.79. The van der Waals surface area contributed by atoms with Crippen LogP contribution in [0.15, 0.2) is 41.3 Å². The molecule has 1 amide bonds. The topological polar surface area (TPSA) is 114 Å². The summed E-state index contributed by atoms with van der Waals surface area (Å²) in [7, 11) is 0. The van der Waals surface area contributed by atoms with Gasteiger partial charge in [0.1, 0.15) is 11.7 Å². The van der Waals surface area contributed by atoms with E-state index in [1.807, 2.05) is 45.9 Å². The highest BCUT2D eigenvalue weighted by Crippen LogP contribution is 2.29. The molecule has 0 radical (unpaired) electrons. The number of amides is 1. The van der Waals surface area contributed by atoms with Crippen LogP contribution in [0, 0.1) is 39.4 Å². The van der Waals surface area contributed by atoms with E-state index in [9.17, 15) is 19.5 Å². The fourth-order valence-corrected chi connectivity index (χ4v) is 4.39. The van der Waals surface area contributed by atoms with Crippen LogP contribution in [0.3, 0.4) is 0 Å². The molecule has 1 aromatic carbocycles. The van der Waals surface area contributed by atoms with Crippen molar-refractivity contribution in [2.45, 2.75) is 66.5 Å². The fraction of sp³-hybridized carbons (Fsp3) is 0.393. The molecule has 196 valence electrons. The summed E-state index contributed by atoms with van der Waals surface area (Å²) in [5, 5.41) is 12.3. The molecular weight excluding hydrogens is 475 g/mol. The Labute approximate surface area is 215 Å². The number of hydrogen-bond donors (Lipinski definition) is 2. The van der Waals surface area contributed by atoms with Crippen LogP contribution in [0.5, 0.6) is 0 Å². The molecule has 2 aromatic heterocycles. The van der Waals surface area contributed by atoms with Crippen molar-refractivity contribution in [3.63, 3.8) is 0 Å². The van der Waals surface area contributed by atoms with E-state index < -0.39 is 36.2 Å². The number of halogens is 1. The smallest absolute Gasteiger partial charge is 0.305 e. The second-order valence-corrected chi connectivity index (χ2v) is 9.85. The highest BCUT2D eigenvalue weighted by molar-refractivity contribution is 5.81. The standard InChI is InChI=1S/C28H33FN4O4/c1-15(2)12-21(33-11-10-16(3)13-22(33)34)28(37)31-20(14-23(35)36)26-25(29)19(6)30-27(32-26)24-17(4)8-7-9-18(24)5/h7-11,13,15,20-21H,12,14H2,1-6H3,(H,31,37)(H,35,36)/t20?,21-/m1/s1. The molecule has 37 heavy (non-hydrogen) atoms. The highest BCUT2D eigenvalue weighted by atomic mass is 19.1. The maximum atomic E-state index is 15.4. The van der Waals surface area contributed by atoms with E-state index in [0.717, 1.165) is 22.3 Å². The van der Waals surface area contributed by atoms with Gasteiger partial charge in [-0.3, -0.25) is 14.4 Å². The molecular formula is C28H33FN4O4. The number of carbonyl (C=O) groups is 2. The van der Waals surface area contributed by atoms with E-state index >= 15 is 4.39 Å². The van der Waals surface area contributed by atoms with Gasteiger partial charge in [-0.05, 0) is 62.8 Å². The van der Waals surface area contributed by atoms with Crippen LogP contribution in [0.4, 0.5) is 4.39 Å². The first kappa shape index (κ1) is 27.7. The van der Waals surface area contributed by atoms with Gasteiger partial charge in [-0.1, -0.05) is 32.0 Å². The summed E-state index contributed by atoms with van der Waals surface area (Å²) in [6.45, 7) is 10.9. The monoisotopic (exact) mass is 508 g/mol. The zero-order valence-corrected chi connectivity index (χ0v) is 22.0. The third-order valence-electron chi connectivity index (χ3n) is 6.21. The van der Waals surface area contributed by atoms with Crippen molar-refractivity contribution in [1.29, 1.82) is 0 Å². The minimum absolute atomic E-state index is 0.0424. The number of nitrogens with one attached hydrogen (secondary N) is 1. The van der Waals surface area contributed by atoms with Crippen LogP contribution in [-0.2, 0) is 9.59 Å².